The summed E-state index contributed by atoms with van der Waals surface area (Å²) in [6.07, 6.45) is 1.42. The maximum atomic E-state index is 12.1. The minimum absolute atomic E-state index is 0.153. The number of rotatable bonds is 4. The van der Waals surface area contributed by atoms with Crippen LogP contribution in [0.4, 0.5) is 0 Å². The number of hydrogen-bond acceptors (Lipinski definition) is 4. The molecule has 24 heavy (non-hydrogen) atoms. The molecule has 0 aliphatic rings. The van der Waals surface area contributed by atoms with Crippen LogP contribution >= 0.6 is 0 Å². The molecule has 5 heteroatoms. The maximum Gasteiger partial charge on any atom is 0.356 e. The van der Waals surface area contributed by atoms with E-state index >= 15 is 0 Å². The number of esters is 2. The van der Waals surface area contributed by atoms with Crippen LogP contribution < -0.4 is 0 Å². The van der Waals surface area contributed by atoms with Gasteiger partial charge in [-0.3, -0.25) is 0 Å². The van der Waals surface area contributed by atoms with E-state index in [0.717, 1.165) is 11.1 Å². The fourth-order valence-electron chi connectivity index (χ4n) is 2.14. The molecule has 124 valence electrons. The van der Waals surface area contributed by atoms with Crippen molar-refractivity contribution in [1.29, 1.82) is 0 Å². The van der Waals surface area contributed by atoms with Crippen LogP contribution in [0.5, 0.6) is 0 Å². The number of ether oxygens (including phenoxy) is 2. The molecule has 1 N–H and O–H groups in total. The zero-order valence-corrected chi connectivity index (χ0v) is 13.9. The van der Waals surface area contributed by atoms with Gasteiger partial charge in [-0.1, -0.05) is 24.0 Å². The van der Waals surface area contributed by atoms with Crippen molar-refractivity contribution in [1.82, 2.24) is 4.98 Å². The Morgan fingerprint density at radius 2 is 1.79 bits per heavy atom. The highest BCUT2D eigenvalue weighted by molar-refractivity contribution is 5.99. The van der Waals surface area contributed by atoms with Gasteiger partial charge in [-0.05, 0) is 38.5 Å². The quantitative estimate of drug-likeness (QED) is 0.693. The first-order chi connectivity index (χ1) is 11.6. The van der Waals surface area contributed by atoms with E-state index in [1.54, 1.807) is 13.8 Å². The molecule has 0 atom stereocenters. The van der Waals surface area contributed by atoms with Crippen LogP contribution in [0.25, 0.3) is 0 Å². The number of carbonyl (C=O) groups is 2. The first-order valence-electron chi connectivity index (χ1n) is 7.71. The fourth-order valence-corrected chi connectivity index (χ4v) is 2.14. The Morgan fingerprint density at radius 1 is 1.08 bits per heavy atom. The number of carbonyl (C=O) groups excluding carboxylic acids is 2. The van der Waals surface area contributed by atoms with Gasteiger partial charge in [-0.2, -0.15) is 0 Å². The van der Waals surface area contributed by atoms with Gasteiger partial charge >= 0.3 is 11.9 Å². The Hall–Kier alpha value is -3.00. The second-order valence-corrected chi connectivity index (χ2v) is 5.01. The van der Waals surface area contributed by atoms with E-state index in [4.69, 9.17) is 9.47 Å². The molecule has 1 heterocycles. The van der Waals surface area contributed by atoms with Crippen LogP contribution in [0.1, 0.15) is 51.4 Å². The van der Waals surface area contributed by atoms with Crippen LogP contribution in [0.15, 0.2) is 30.5 Å². The summed E-state index contributed by atoms with van der Waals surface area (Å²) in [6, 6.07) is 7.65. The van der Waals surface area contributed by atoms with Gasteiger partial charge in [-0.15, -0.1) is 0 Å². The molecule has 1 aromatic heterocycles. The molecule has 2 aromatic rings. The number of hydrogen-bond donors (Lipinski definition) is 1. The number of aromatic nitrogens is 1. The summed E-state index contributed by atoms with van der Waals surface area (Å²) < 4.78 is 10.0. The van der Waals surface area contributed by atoms with Crippen LogP contribution in [-0.4, -0.2) is 30.1 Å². The zero-order valence-electron chi connectivity index (χ0n) is 13.9. The first kappa shape index (κ1) is 17.4. The number of aryl methyl sites for hydroxylation is 1. The Labute approximate surface area is 141 Å². The Morgan fingerprint density at radius 3 is 2.46 bits per heavy atom. The first-order valence-corrected chi connectivity index (χ1v) is 7.71. The summed E-state index contributed by atoms with van der Waals surface area (Å²) in [6.45, 7) is 5.87. The van der Waals surface area contributed by atoms with Crippen LogP contribution in [0, 0.1) is 18.8 Å². The van der Waals surface area contributed by atoms with Crippen molar-refractivity contribution in [2.24, 2.45) is 0 Å². The average Bonchev–Trinajstić information content (AvgIpc) is 2.97. The number of aromatic amines is 1. The molecule has 0 radical (unpaired) electrons. The molecule has 0 aliphatic heterocycles. The lowest BCUT2D eigenvalue weighted by Gasteiger charge is -2.02. The molecular formula is C19H19NO4. The Balaban J connectivity index is 2.46. The average molecular weight is 325 g/mol. The van der Waals surface area contributed by atoms with Gasteiger partial charge in [0.1, 0.15) is 5.69 Å². The molecule has 0 unspecified atom stereocenters. The minimum atomic E-state index is -0.554. The van der Waals surface area contributed by atoms with Crippen molar-refractivity contribution in [3.05, 3.63) is 58.4 Å². The van der Waals surface area contributed by atoms with Gasteiger partial charge in [0.15, 0.2) is 0 Å². The van der Waals surface area contributed by atoms with Gasteiger partial charge in [-0.25, -0.2) is 9.59 Å². The minimum Gasteiger partial charge on any atom is -0.462 e. The monoisotopic (exact) mass is 325 g/mol. The van der Waals surface area contributed by atoms with Crippen LogP contribution in [0.2, 0.25) is 0 Å². The highest BCUT2D eigenvalue weighted by Crippen LogP contribution is 2.16. The topological polar surface area (TPSA) is 68.4 Å². The Kier molecular flexibility index (Phi) is 5.80. The van der Waals surface area contributed by atoms with Gasteiger partial charge in [0.2, 0.25) is 0 Å². The standard InChI is InChI=1S/C19H19NO4/c1-4-23-18(21)16-12-20-17(19(22)24-5-2)15(16)10-9-14-8-6-7-13(3)11-14/h6-8,11-12,20H,4-5H2,1-3H3. The SMILES string of the molecule is CCOC(=O)c1c[nH]c(C(=O)OCC)c1C#Cc1cccc(C)c1. The molecule has 5 nitrogen and oxygen atoms in total. The van der Waals surface area contributed by atoms with Crippen LogP contribution in [0.3, 0.4) is 0 Å². The molecule has 0 saturated carbocycles. The molecule has 0 fully saturated rings. The summed E-state index contributed by atoms with van der Waals surface area (Å²) in [5.74, 6) is 4.79. The lowest BCUT2D eigenvalue weighted by molar-refractivity contribution is 0.0518. The van der Waals surface area contributed by atoms with E-state index in [1.807, 2.05) is 31.2 Å². The number of nitrogens with one attached hydrogen (secondary N) is 1. The smallest absolute Gasteiger partial charge is 0.356 e. The van der Waals surface area contributed by atoms with Gasteiger partial charge in [0, 0.05) is 11.8 Å². The summed E-state index contributed by atoms with van der Waals surface area (Å²) in [4.78, 5) is 26.9. The van der Waals surface area contributed by atoms with Crippen molar-refractivity contribution in [2.45, 2.75) is 20.8 Å². The number of benzene rings is 1. The molecule has 0 spiro atoms. The molecule has 0 bridgehead atoms. The largest absolute Gasteiger partial charge is 0.462 e. The van der Waals surface area contributed by atoms with E-state index in [9.17, 15) is 9.59 Å². The zero-order chi connectivity index (χ0) is 17.5. The van der Waals surface area contributed by atoms with E-state index < -0.39 is 11.9 Å². The van der Waals surface area contributed by atoms with Crippen molar-refractivity contribution in [2.75, 3.05) is 13.2 Å². The normalized spacial score (nSPS) is 9.79. The summed E-state index contributed by atoms with van der Waals surface area (Å²) in [7, 11) is 0. The third-order valence-electron chi connectivity index (χ3n) is 3.20. The molecule has 1 aromatic carbocycles. The van der Waals surface area contributed by atoms with Gasteiger partial charge in [0.05, 0.1) is 24.3 Å². The van der Waals surface area contributed by atoms with Gasteiger partial charge in [0.25, 0.3) is 0 Å². The van der Waals surface area contributed by atoms with E-state index in [0.29, 0.717) is 0 Å². The third kappa shape index (κ3) is 4.05. The van der Waals surface area contributed by atoms with Crippen molar-refractivity contribution in [3.8, 4) is 11.8 Å². The molecule has 0 aliphatic carbocycles. The third-order valence-corrected chi connectivity index (χ3v) is 3.20. The second-order valence-electron chi connectivity index (χ2n) is 5.01. The van der Waals surface area contributed by atoms with E-state index in [1.165, 1.54) is 6.20 Å². The number of H-pyrrole nitrogens is 1. The molecule has 2 rings (SSSR count). The van der Waals surface area contributed by atoms with Crippen molar-refractivity contribution in [3.63, 3.8) is 0 Å². The van der Waals surface area contributed by atoms with Crippen molar-refractivity contribution < 1.29 is 19.1 Å². The highest BCUT2D eigenvalue weighted by atomic mass is 16.5. The summed E-state index contributed by atoms with van der Waals surface area (Å²) in [5, 5.41) is 0. The fraction of sp³-hybridized carbons (Fsp3) is 0.263. The molecule has 0 amide bonds. The van der Waals surface area contributed by atoms with Crippen LogP contribution in [-0.2, 0) is 9.47 Å². The summed E-state index contributed by atoms with van der Waals surface area (Å²) in [5.41, 5.74) is 2.53. The van der Waals surface area contributed by atoms with Gasteiger partial charge < -0.3 is 14.5 Å². The predicted octanol–water partition coefficient (Wildman–Crippen LogP) is 3.08. The maximum absolute atomic E-state index is 12.1. The van der Waals surface area contributed by atoms with E-state index in [-0.39, 0.29) is 30.0 Å². The Bertz CT molecular complexity index is 773. The molecular weight excluding hydrogens is 306 g/mol. The lowest BCUT2D eigenvalue weighted by Crippen LogP contribution is -2.09. The summed E-state index contributed by atoms with van der Waals surface area (Å²) >= 11 is 0. The molecule has 0 saturated heterocycles. The predicted molar refractivity (Wildman–Crippen MR) is 89.9 cm³/mol. The van der Waals surface area contributed by atoms with Crippen molar-refractivity contribution >= 4 is 11.9 Å². The second kappa shape index (κ2) is 8.02. The highest BCUT2D eigenvalue weighted by Gasteiger charge is 2.22. The van der Waals surface area contributed by atoms with E-state index in [2.05, 4.69) is 16.8 Å². The lowest BCUT2D eigenvalue weighted by atomic mass is 10.1.